The van der Waals surface area contributed by atoms with Crippen molar-refractivity contribution in [1.82, 2.24) is 14.9 Å². The van der Waals surface area contributed by atoms with Gasteiger partial charge in [0.2, 0.25) is 0 Å². The second kappa shape index (κ2) is 9.27. The van der Waals surface area contributed by atoms with Crippen LogP contribution < -0.4 is 10.1 Å². The molecule has 0 fully saturated rings. The predicted octanol–water partition coefficient (Wildman–Crippen LogP) is 5.02. The number of nitrogens with one attached hydrogen (secondary N) is 1. The Morgan fingerprint density at radius 3 is 2.55 bits per heavy atom. The van der Waals surface area contributed by atoms with Gasteiger partial charge in [0.25, 0.3) is 5.91 Å². The number of aryl methyl sites for hydroxylation is 1. The van der Waals surface area contributed by atoms with E-state index in [2.05, 4.69) is 16.0 Å². The Kier molecular flexibility index (Phi) is 6.28. The standard InChI is InChI=1S/C25H25N3O2S/c1-28-22-12-8-7-11-20(22)26-24(28)16-21(17-9-5-4-6-10-17)27-25(29)19-14-13-18(31-3)15-23(19)30-2/h4-15,21H,16H2,1-3H3,(H,27,29). The number of imidazole rings is 1. The van der Waals surface area contributed by atoms with Gasteiger partial charge in [0.1, 0.15) is 11.6 Å². The topological polar surface area (TPSA) is 56.1 Å². The third-order valence-electron chi connectivity index (χ3n) is 5.43. The van der Waals surface area contributed by atoms with Crippen molar-refractivity contribution < 1.29 is 9.53 Å². The monoisotopic (exact) mass is 431 g/mol. The minimum absolute atomic E-state index is 0.169. The van der Waals surface area contributed by atoms with E-state index in [1.165, 1.54) is 0 Å². The van der Waals surface area contributed by atoms with Gasteiger partial charge in [0.15, 0.2) is 0 Å². The van der Waals surface area contributed by atoms with Crippen molar-refractivity contribution in [3.8, 4) is 5.75 Å². The highest BCUT2D eigenvalue weighted by molar-refractivity contribution is 7.98. The predicted molar refractivity (Wildman–Crippen MR) is 126 cm³/mol. The van der Waals surface area contributed by atoms with Crippen molar-refractivity contribution >= 4 is 28.7 Å². The lowest BCUT2D eigenvalue weighted by Crippen LogP contribution is -2.31. The fourth-order valence-electron chi connectivity index (χ4n) is 3.72. The number of benzene rings is 3. The number of ether oxygens (including phenoxy) is 1. The lowest BCUT2D eigenvalue weighted by Gasteiger charge is -2.20. The molecule has 158 valence electrons. The quantitative estimate of drug-likeness (QED) is 0.418. The van der Waals surface area contributed by atoms with E-state index in [1.54, 1.807) is 18.9 Å². The molecular weight excluding hydrogens is 406 g/mol. The normalized spacial score (nSPS) is 12.0. The molecule has 6 heteroatoms. The zero-order chi connectivity index (χ0) is 21.8. The van der Waals surface area contributed by atoms with Gasteiger partial charge in [-0.1, -0.05) is 42.5 Å². The van der Waals surface area contributed by atoms with Crippen molar-refractivity contribution in [1.29, 1.82) is 0 Å². The number of nitrogens with zero attached hydrogens (tertiary/aromatic N) is 2. The number of amides is 1. The average molecular weight is 432 g/mol. The van der Waals surface area contributed by atoms with E-state index in [9.17, 15) is 4.79 Å². The Labute approximate surface area is 186 Å². The summed E-state index contributed by atoms with van der Waals surface area (Å²) in [4.78, 5) is 19.1. The molecule has 0 aliphatic heterocycles. The number of rotatable bonds is 7. The third kappa shape index (κ3) is 4.44. The molecule has 1 unspecified atom stereocenters. The molecule has 0 saturated heterocycles. The van der Waals surface area contributed by atoms with Crippen molar-refractivity contribution in [3.05, 3.63) is 89.7 Å². The summed E-state index contributed by atoms with van der Waals surface area (Å²) < 4.78 is 7.57. The van der Waals surface area contributed by atoms with Gasteiger partial charge in [-0.3, -0.25) is 4.79 Å². The van der Waals surface area contributed by atoms with Crippen LogP contribution in [0.15, 0.2) is 77.7 Å². The Morgan fingerprint density at radius 2 is 1.84 bits per heavy atom. The summed E-state index contributed by atoms with van der Waals surface area (Å²) in [5, 5.41) is 3.20. The number of carbonyl (C=O) groups is 1. The molecule has 0 saturated carbocycles. The van der Waals surface area contributed by atoms with E-state index in [0.29, 0.717) is 17.7 Å². The van der Waals surface area contributed by atoms with Crippen LogP contribution in [0.3, 0.4) is 0 Å². The molecule has 0 bridgehead atoms. The molecular formula is C25H25N3O2S. The zero-order valence-corrected chi connectivity index (χ0v) is 18.6. The SMILES string of the molecule is COc1cc(SC)ccc1C(=O)NC(Cc1nc2ccccc2n1C)c1ccccc1. The molecule has 0 aliphatic carbocycles. The summed E-state index contributed by atoms with van der Waals surface area (Å²) in [5.74, 6) is 1.32. The summed E-state index contributed by atoms with van der Waals surface area (Å²) in [6.45, 7) is 0. The van der Waals surface area contributed by atoms with Gasteiger partial charge in [-0.25, -0.2) is 4.98 Å². The maximum Gasteiger partial charge on any atom is 0.255 e. The fraction of sp³-hybridized carbons (Fsp3) is 0.200. The van der Waals surface area contributed by atoms with Crippen molar-refractivity contribution in [3.63, 3.8) is 0 Å². The molecule has 0 radical (unpaired) electrons. The van der Waals surface area contributed by atoms with Crippen LogP contribution in [0.4, 0.5) is 0 Å². The van der Waals surface area contributed by atoms with Crippen LogP contribution in [0.5, 0.6) is 5.75 Å². The Morgan fingerprint density at radius 1 is 1.10 bits per heavy atom. The lowest BCUT2D eigenvalue weighted by molar-refractivity contribution is 0.0933. The molecule has 1 atom stereocenters. The first-order chi connectivity index (χ1) is 15.1. The highest BCUT2D eigenvalue weighted by atomic mass is 32.2. The van der Waals surface area contributed by atoms with E-state index in [0.717, 1.165) is 27.3 Å². The Bertz CT molecular complexity index is 1200. The van der Waals surface area contributed by atoms with Crippen LogP contribution in [0, 0.1) is 0 Å². The maximum atomic E-state index is 13.2. The van der Waals surface area contributed by atoms with Gasteiger partial charge in [0, 0.05) is 18.4 Å². The third-order valence-corrected chi connectivity index (χ3v) is 6.15. The molecule has 1 N–H and O–H groups in total. The van der Waals surface area contributed by atoms with Gasteiger partial charge >= 0.3 is 0 Å². The van der Waals surface area contributed by atoms with Crippen molar-refractivity contribution in [2.45, 2.75) is 17.4 Å². The highest BCUT2D eigenvalue weighted by Crippen LogP contribution is 2.27. The van der Waals surface area contributed by atoms with E-state index in [-0.39, 0.29) is 11.9 Å². The number of fused-ring (bicyclic) bond motifs is 1. The van der Waals surface area contributed by atoms with Crippen LogP contribution in [-0.2, 0) is 13.5 Å². The van der Waals surface area contributed by atoms with E-state index < -0.39 is 0 Å². The van der Waals surface area contributed by atoms with E-state index in [1.807, 2.05) is 80.0 Å². The Balaban J connectivity index is 1.66. The lowest BCUT2D eigenvalue weighted by atomic mass is 10.0. The minimum Gasteiger partial charge on any atom is -0.496 e. The van der Waals surface area contributed by atoms with E-state index >= 15 is 0 Å². The molecule has 5 nitrogen and oxygen atoms in total. The summed E-state index contributed by atoms with van der Waals surface area (Å²) in [6, 6.07) is 23.5. The first-order valence-corrected chi connectivity index (χ1v) is 11.3. The average Bonchev–Trinajstić information content (AvgIpc) is 3.14. The highest BCUT2D eigenvalue weighted by Gasteiger charge is 2.21. The van der Waals surface area contributed by atoms with Crippen LogP contribution >= 0.6 is 11.8 Å². The molecule has 4 rings (SSSR count). The molecule has 0 aliphatic rings. The van der Waals surface area contributed by atoms with Crippen LogP contribution in [0.1, 0.15) is 27.8 Å². The number of para-hydroxylation sites is 2. The molecule has 31 heavy (non-hydrogen) atoms. The van der Waals surface area contributed by atoms with Gasteiger partial charge in [-0.2, -0.15) is 0 Å². The first-order valence-electron chi connectivity index (χ1n) is 10.1. The number of methoxy groups -OCH3 is 1. The summed E-state index contributed by atoms with van der Waals surface area (Å²) >= 11 is 1.61. The van der Waals surface area contributed by atoms with Crippen LogP contribution in [0.25, 0.3) is 11.0 Å². The minimum atomic E-state index is -0.228. The molecule has 1 heterocycles. The fourth-order valence-corrected chi connectivity index (χ4v) is 4.15. The summed E-state index contributed by atoms with van der Waals surface area (Å²) in [6.07, 6.45) is 2.57. The van der Waals surface area contributed by atoms with Crippen LogP contribution in [0.2, 0.25) is 0 Å². The van der Waals surface area contributed by atoms with Crippen molar-refractivity contribution in [2.24, 2.45) is 7.05 Å². The second-order valence-electron chi connectivity index (χ2n) is 7.28. The number of hydrogen-bond acceptors (Lipinski definition) is 4. The first kappa shape index (κ1) is 21.0. The smallest absolute Gasteiger partial charge is 0.255 e. The number of thioether (sulfide) groups is 1. The largest absolute Gasteiger partial charge is 0.496 e. The number of carbonyl (C=O) groups excluding carboxylic acids is 1. The molecule has 1 amide bonds. The van der Waals surface area contributed by atoms with Crippen molar-refractivity contribution in [2.75, 3.05) is 13.4 Å². The van der Waals surface area contributed by atoms with Gasteiger partial charge < -0.3 is 14.6 Å². The molecule has 1 aromatic heterocycles. The van der Waals surface area contributed by atoms with E-state index in [4.69, 9.17) is 9.72 Å². The van der Waals surface area contributed by atoms with Gasteiger partial charge in [0.05, 0.1) is 29.7 Å². The zero-order valence-electron chi connectivity index (χ0n) is 17.8. The van der Waals surface area contributed by atoms with Gasteiger partial charge in [-0.15, -0.1) is 11.8 Å². The number of hydrogen-bond donors (Lipinski definition) is 1. The summed E-state index contributed by atoms with van der Waals surface area (Å²) in [5.41, 5.74) is 3.58. The maximum absolute atomic E-state index is 13.2. The van der Waals surface area contributed by atoms with Gasteiger partial charge in [-0.05, 0) is 42.2 Å². The molecule has 0 spiro atoms. The molecule has 4 aromatic rings. The Hall–Kier alpha value is -3.25. The van der Waals surface area contributed by atoms with Crippen LogP contribution in [-0.4, -0.2) is 28.8 Å². The second-order valence-corrected chi connectivity index (χ2v) is 8.16. The summed E-state index contributed by atoms with van der Waals surface area (Å²) in [7, 11) is 3.60. The number of aromatic nitrogens is 2. The molecule has 3 aromatic carbocycles.